The van der Waals surface area contributed by atoms with E-state index in [1.54, 1.807) is 0 Å². The van der Waals surface area contributed by atoms with Crippen molar-refractivity contribution in [2.45, 2.75) is 51.6 Å². The minimum Gasteiger partial charge on any atom is -0.393 e. The Morgan fingerprint density at radius 1 is 1.33 bits per heavy atom. The molecule has 0 radical (unpaired) electrons. The van der Waals surface area contributed by atoms with Crippen molar-refractivity contribution >= 4 is 0 Å². The normalized spacial score (nSPS) is 40.2. The summed E-state index contributed by atoms with van der Waals surface area (Å²) in [5.74, 6) is -0.557. The first kappa shape index (κ1) is 9.96. The van der Waals surface area contributed by atoms with Crippen molar-refractivity contribution in [3.63, 3.8) is 0 Å². The highest BCUT2D eigenvalue weighted by Crippen LogP contribution is 2.37. The van der Waals surface area contributed by atoms with Crippen molar-refractivity contribution in [1.29, 1.82) is 0 Å². The van der Waals surface area contributed by atoms with E-state index >= 15 is 0 Å². The van der Waals surface area contributed by atoms with Crippen LogP contribution in [-0.4, -0.2) is 29.2 Å². The van der Waals surface area contributed by atoms with Crippen LogP contribution in [0.1, 0.15) is 34.1 Å². The predicted molar refractivity (Wildman–Crippen MR) is 45.8 cm³/mol. The molecular formula is C9H18O3. The van der Waals surface area contributed by atoms with Gasteiger partial charge in [-0.3, -0.25) is 0 Å². The van der Waals surface area contributed by atoms with Gasteiger partial charge in [-0.1, -0.05) is 6.92 Å². The largest absolute Gasteiger partial charge is 0.393 e. The van der Waals surface area contributed by atoms with Crippen LogP contribution in [0.3, 0.4) is 0 Å². The Morgan fingerprint density at radius 2 is 1.92 bits per heavy atom. The van der Waals surface area contributed by atoms with E-state index in [1.165, 1.54) is 0 Å². The Labute approximate surface area is 73.7 Å². The predicted octanol–water partition coefficient (Wildman–Crippen LogP) is 1.30. The van der Waals surface area contributed by atoms with E-state index in [0.717, 1.165) is 6.42 Å². The fraction of sp³-hybridized carbons (Fsp3) is 1.00. The van der Waals surface area contributed by atoms with Crippen molar-refractivity contribution in [3.05, 3.63) is 0 Å². The molecule has 3 nitrogen and oxygen atoms in total. The van der Waals surface area contributed by atoms with Crippen LogP contribution in [0.2, 0.25) is 0 Å². The Bertz CT molecular complexity index is 167. The number of aliphatic hydroxyl groups is 1. The van der Waals surface area contributed by atoms with Gasteiger partial charge in [-0.25, -0.2) is 0 Å². The molecule has 0 aromatic carbocycles. The summed E-state index contributed by atoms with van der Waals surface area (Å²) in [5.41, 5.74) is -0.530. The van der Waals surface area contributed by atoms with Crippen LogP contribution in [-0.2, 0) is 9.47 Å². The lowest BCUT2D eigenvalue weighted by molar-refractivity contribution is -0.166. The average Bonchev–Trinajstić information content (AvgIpc) is 2.22. The molecule has 0 bridgehead atoms. The summed E-state index contributed by atoms with van der Waals surface area (Å²) in [4.78, 5) is 0. The molecule has 3 heteroatoms. The number of ether oxygens (including phenoxy) is 2. The molecule has 0 unspecified atom stereocenters. The first-order valence-corrected chi connectivity index (χ1v) is 4.42. The van der Waals surface area contributed by atoms with Gasteiger partial charge >= 0.3 is 0 Å². The third-order valence-corrected chi connectivity index (χ3v) is 2.27. The van der Waals surface area contributed by atoms with E-state index in [9.17, 15) is 0 Å². The Hall–Kier alpha value is -0.120. The first-order valence-electron chi connectivity index (χ1n) is 4.42. The Morgan fingerprint density at radius 3 is 2.25 bits per heavy atom. The summed E-state index contributed by atoms with van der Waals surface area (Å²) >= 11 is 0. The van der Waals surface area contributed by atoms with Gasteiger partial charge in [0, 0.05) is 0 Å². The number of hydrogen-bond acceptors (Lipinski definition) is 3. The lowest BCUT2D eigenvalue weighted by atomic mass is 9.99. The highest BCUT2D eigenvalue weighted by molar-refractivity contribution is 4.91. The fourth-order valence-corrected chi connectivity index (χ4v) is 1.77. The highest BCUT2D eigenvalue weighted by Gasteiger charge is 2.48. The lowest BCUT2D eigenvalue weighted by Gasteiger charge is -2.25. The molecular weight excluding hydrogens is 156 g/mol. The quantitative estimate of drug-likeness (QED) is 0.685. The fourth-order valence-electron chi connectivity index (χ4n) is 1.77. The molecule has 2 atom stereocenters. The number of aliphatic hydroxyl groups excluding tert-OH is 1. The molecule has 0 spiro atoms. The van der Waals surface area contributed by atoms with Gasteiger partial charge in [-0.2, -0.15) is 0 Å². The summed E-state index contributed by atoms with van der Waals surface area (Å²) in [5, 5.41) is 9.15. The zero-order chi connectivity index (χ0) is 9.41. The van der Waals surface area contributed by atoms with E-state index in [0.29, 0.717) is 0 Å². The average molecular weight is 174 g/mol. The molecule has 1 fully saturated rings. The molecule has 1 heterocycles. The molecule has 1 aliphatic rings. The van der Waals surface area contributed by atoms with Crippen LogP contribution in [0, 0.1) is 0 Å². The van der Waals surface area contributed by atoms with Crippen LogP contribution >= 0.6 is 0 Å². The summed E-state index contributed by atoms with van der Waals surface area (Å²) < 4.78 is 11.2. The maximum atomic E-state index is 9.15. The van der Waals surface area contributed by atoms with Crippen LogP contribution in [0.25, 0.3) is 0 Å². The first-order chi connectivity index (χ1) is 5.43. The number of hydrogen-bond donors (Lipinski definition) is 1. The third-order valence-electron chi connectivity index (χ3n) is 2.27. The van der Waals surface area contributed by atoms with Gasteiger partial charge in [0.05, 0.1) is 12.7 Å². The smallest absolute Gasteiger partial charge is 0.164 e. The Kier molecular flexibility index (Phi) is 2.47. The molecule has 0 aromatic rings. The molecule has 12 heavy (non-hydrogen) atoms. The monoisotopic (exact) mass is 174 g/mol. The zero-order valence-electron chi connectivity index (χ0n) is 8.26. The Balaban J connectivity index is 2.76. The van der Waals surface area contributed by atoms with Crippen LogP contribution in [0.5, 0.6) is 0 Å². The molecule has 1 rings (SSSR count). The molecule has 0 aromatic heterocycles. The summed E-state index contributed by atoms with van der Waals surface area (Å²) in [6.45, 7) is 7.67. The maximum absolute atomic E-state index is 9.15. The van der Waals surface area contributed by atoms with Crippen LogP contribution < -0.4 is 0 Å². The van der Waals surface area contributed by atoms with E-state index in [2.05, 4.69) is 0 Å². The van der Waals surface area contributed by atoms with Crippen molar-refractivity contribution in [3.8, 4) is 0 Å². The molecule has 72 valence electrons. The lowest BCUT2D eigenvalue weighted by Crippen LogP contribution is -2.40. The van der Waals surface area contributed by atoms with Gasteiger partial charge < -0.3 is 14.6 Å². The van der Waals surface area contributed by atoms with Gasteiger partial charge in [0.15, 0.2) is 5.79 Å². The van der Waals surface area contributed by atoms with Crippen molar-refractivity contribution in [1.82, 2.24) is 0 Å². The zero-order valence-corrected chi connectivity index (χ0v) is 8.26. The molecule has 1 aliphatic heterocycles. The summed E-state index contributed by atoms with van der Waals surface area (Å²) in [7, 11) is 0. The van der Waals surface area contributed by atoms with Crippen molar-refractivity contribution < 1.29 is 14.6 Å². The van der Waals surface area contributed by atoms with Gasteiger partial charge in [0.1, 0.15) is 5.60 Å². The SMILES string of the molecule is CC[C@H]1OC(C)(C)O[C@@]1(C)CO. The van der Waals surface area contributed by atoms with E-state index in [-0.39, 0.29) is 12.7 Å². The van der Waals surface area contributed by atoms with Gasteiger partial charge in [-0.15, -0.1) is 0 Å². The minimum absolute atomic E-state index is 0.00231. The molecule has 0 saturated carbocycles. The molecule has 1 N–H and O–H groups in total. The maximum Gasteiger partial charge on any atom is 0.164 e. The highest BCUT2D eigenvalue weighted by atomic mass is 16.8. The van der Waals surface area contributed by atoms with Gasteiger partial charge in [-0.05, 0) is 27.2 Å². The van der Waals surface area contributed by atoms with Gasteiger partial charge in [0.25, 0.3) is 0 Å². The second kappa shape index (κ2) is 2.98. The van der Waals surface area contributed by atoms with Crippen molar-refractivity contribution in [2.75, 3.05) is 6.61 Å². The molecule has 0 aliphatic carbocycles. The standard InChI is InChI=1S/C9H18O3/c1-5-7-9(4,6-10)12-8(2,3)11-7/h7,10H,5-6H2,1-4H3/t7-,9+/m1/s1. The second-order valence-electron chi connectivity index (χ2n) is 3.99. The van der Waals surface area contributed by atoms with Crippen molar-refractivity contribution in [2.24, 2.45) is 0 Å². The van der Waals surface area contributed by atoms with Crippen LogP contribution in [0.4, 0.5) is 0 Å². The van der Waals surface area contributed by atoms with E-state index in [4.69, 9.17) is 14.6 Å². The van der Waals surface area contributed by atoms with E-state index in [1.807, 2.05) is 27.7 Å². The topological polar surface area (TPSA) is 38.7 Å². The third kappa shape index (κ3) is 1.63. The van der Waals surface area contributed by atoms with E-state index < -0.39 is 11.4 Å². The summed E-state index contributed by atoms with van der Waals surface area (Å²) in [6, 6.07) is 0. The molecule has 1 saturated heterocycles. The minimum atomic E-state index is -0.557. The molecule has 0 amide bonds. The second-order valence-corrected chi connectivity index (χ2v) is 3.99. The van der Waals surface area contributed by atoms with Gasteiger partial charge in [0.2, 0.25) is 0 Å². The number of rotatable bonds is 2. The van der Waals surface area contributed by atoms with Crippen LogP contribution in [0.15, 0.2) is 0 Å². The summed E-state index contributed by atoms with van der Waals surface area (Å²) in [6.07, 6.45) is 0.859.